The summed E-state index contributed by atoms with van der Waals surface area (Å²) < 4.78 is 5.24. The molecule has 1 amide bonds. The van der Waals surface area contributed by atoms with E-state index in [1.165, 1.54) is 0 Å². The van der Waals surface area contributed by atoms with E-state index in [2.05, 4.69) is 5.32 Å². The molecule has 0 bridgehead atoms. The summed E-state index contributed by atoms with van der Waals surface area (Å²) in [5, 5.41) is 11.8. The van der Waals surface area contributed by atoms with Gasteiger partial charge < -0.3 is 14.6 Å². The fourth-order valence-electron chi connectivity index (χ4n) is 2.08. The standard InChI is InChI=1S/C12H15N3O2/c1-9-7-15(8-10-3-2-6-17-10)12(16)11(14-9)4-5-13/h2-3,6,9,11,14H,4,7-8H2,1H3. The Balaban J connectivity index is 2.05. The molecular weight excluding hydrogens is 218 g/mol. The zero-order chi connectivity index (χ0) is 12.3. The number of hydrogen-bond acceptors (Lipinski definition) is 4. The van der Waals surface area contributed by atoms with E-state index < -0.39 is 6.04 Å². The van der Waals surface area contributed by atoms with E-state index in [4.69, 9.17) is 9.68 Å². The Morgan fingerprint density at radius 3 is 3.18 bits per heavy atom. The maximum atomic E-state index is 12.1. The Morgan fingerprint density at radius 2 is 2.53 bits per heavy atom. The summed E-state index contributed by atoms with van der Waals surface area (Å²) in [5.41, 5.74) is 0. The molecule has 1 N–H and O–H groups in total. The van der Waals surface area contributed by atoms with Crippen LogP contribution >= 0.6 is 0 Å². The lowest BCUT2D eigenvalue weighted by molar-refractivity contribution is -0.137. The molecule has 5 heteroatoms. The van der Waals surface area contributed by atoms with Gasteiger partial charge >= 0.3 is 0 Å². The first-order valence-electron chi connectivity index (χ1n) is 5.65. The molecular formula is C12H15N3O2. The molecule has 0 saturated carbocycles. The van der Waals surface area contributed by atoms with Gasteiger partial charge in [-0.25, -0.2) is 0 Å². The molecule has 2 heterocycles. The van der Waals surface area contributed by atoms with Crippen molar-refractivity contribution in [1.82, 2.24) is 10.2 Å². The molecule has 5 nitrogen and oxygen atoms in total. The van der Waals surface area contributed by atoms with Crippen LogP contribution < -0.4 is 5.32 Å². The molecule has 0 aromatic carbocycles. The lowest BCUT2D eigenvalue weighted by atomic mass is 10.1. The minimum atomic E-state index is -0.390. The van der Waals surface area contributed by atoms with Crippen molar-refractivity contribution >= 4 is 5.91 Å². The summed E-state index contributed by atoms with van der Waals surface area (Å²) in [6.45, 7) is 3.12. The van der Waals surface area contributed by atoms with E-state index in [1.54, 1.807) is 17.2 Å². The van der Waals surface area contributed by atoms with Crippen molar-refractivity contribution in [3.05, 3.63) is 24.2 Å². The average molecular weight is 233 g/mol. The van der Waals surface area contributed by atoms with Crippen LogP contribution in [0.3, 0.4) is 0 Å². The largest absolute Gasteiger partial charge is 0.467 e. The fourth-order valence-corrected chi connectivity index (χ4v) is 2.08. The Labute approximate surface area is 100 Å². The van der Waals surface area contributed by atoms with E-state index >= 15 is 0 Å². The number of furan rings is 1. The number of piperazine rings is 1. The predicted molar refractivity (Wildman–Crippen MR) is 60.7 cm³/mol. The van der Waals surface area contributed by atoms with E-state index in [0.717, 1.165) is 5.76 Å². The summed E-state index contributed by atoms with van der Waals surface area (Å²) in [5.74, 6) is 0.740. The number of nitrogens with one attached hydrogen (secondary N) is 1. The maximum absolute atomic E-state index is 12.1. The molecule has 1 saturated heterocycles. The van der Waals surface area contributed by atoms with E-state index in [-0.39, 0.29) is 18.4 Å². The Hall–Kier alpha value is -1.80. The van der Waals surface area contributed by atoms with Gasteiger partial charge in [-0.15, -0.1) is 0 Å². The van der Waals surface area contributed by atoms with Gasteiger partial charge in [0.15, 0.2) is 0 Å². The highest BCUT2D eigenvalue weighted by molar-refractivity contribution is 5.83. The topological polar surface area (TPSA) is 69.3 Å². The maximum Gasteiger partial charge on any atom is 0.241 e. The van der Waals surface area contributed by atoms with E-state index in [0.29, 0.717) is 13.1 Å². The number of hydrogen-bond donors (Lipinski definition) is 1. The van der Waals surface area contributed by atoms with Gasteiger partial charge in [0.2, 0.25) is 5.91 Å². The number of carbonyl (C=O) groups excluding carboxylic acids is 1. The van der Waals surface area contributed by atoms with Crippen molar-refractivity contribution in [2.24, 2.45) is 0 Å². The monoisotopic (exact) mass is 233 g/mol. The molecule has 1 aromatic rings. The summed E-state index contributed by atoms with van der Waals surface area (Å²) in [6, 6.07) is 5.49. The molecule has 2 unspecified atom stereocenters. The molecule has 1 aliphatic heterocycles. The van der Waals surface area contributed by atoms with Crippen LogP contribution in [0.2, 0.25) is 0 Å². The van der Waals surface area contributed by atoms with Crippen LogP contribution in [-0.4, -0.2) is 29.4 Å². The number of rotatable bonds is 3. The Morgan fingerprint density at radius 1 is 1.71 bits per heavy atom. The van der Waals surface area contributed by atoms with Crippen molar-refractivity contribution in [3.63, 3.8) is 0 Å². The second-order valence-electron chi connectivity index (χ2n) is 4.28. The summed E-state index contributed by atoms with van der Waals surface area (Å²) in [7, 11) is 0. The molecule has 0 spiro atoms. The van der Waals surface area contributed by atoms with Gasteiger partial charge in [0.25, 0.3) is 0 Å². The molecule has 17 heavy (non-hydrogen) atoms. The quantitative estimate of drug-likeness (QED) is 0.841. The van der Waals surface area contributed by atoms with Gasteiger partial charge in [-0.05, 0) is 19.1 Å². The van der Waals surface area contributed by atoms with Gasteiger partial charge in [0, 0.05) is 12.6 Å². The van der Waals surface area contributed by atoms with Crippen molar-refractivity contribution < 1.29 is 9.21 Å². The average Bonchev–Trinajstić information content (AvgIpc) is 2.78. The molecule has 0 aliphatic carbocycles. The van der Waals surface area contributed by atoms with Gasteiger partial charge in [-0.2, -0.15) is 5.26 Å². The third kappa shape index (κ3) is 2.66. The molecule has 90 valence electrons. The van der Waals surface area contributed by atoms with Crippen molar-refractivity contribution in [1.29, 1.82) is 5.26 Å². The van der Waals surface area contributed by atoms with Crippen molar-refractivity contribution in [2.75, 3.05) is 6.54 Å². The molecule has 2 rings (SSSR count). The van der Waals surface area contributed by atoms with Crippen LogP contribution in [0, 0.1) is 11.3 Å². The first kappa shape index (κ1) is 11.7. The molecule has 1 aliphatic rings. The van der Waals surface area contributed by atoms with Crippen LogP contribution in [0.5, 0.6) is 0 Å². The van der Waals surface area contributed by atoms with Gasteiger partial charge in [0.1, 0.15) is 11.8 Å². The van der Waals surface area contributed by atoms with Gasteiger partial charge in [0.05, 0.1) is 25.3 Å². The van der Waals surface area contributed by atoms with Gasteiger partial charge in [-0.1, -0.05) is 0 Å². The first-order valence-corrected chi connectivity index (χ1v) is 5.65. The van der Waals surface area contributed by atoms with E-state index in [1.807, 2.05) is 19.1 Å². The lowest BCUT2D eigenvalue weighted by Crippen LogP contribution is -2.58. The van der Waals surface area contributed by atoms with Crippen LogP contribution in [0.15, 0.2) is 22.8 Å². The number of nitriles is 1. The number of amides is 1. The van der Waals surface area contributed by atoms with E-state index in [9.17, 15) is 4.79 Å². The predicted octanol–water partition coefficient (Wildman–Crippen LogP) is 0.882. The zero-order valence-electron chi connectivity index (χ0n) is 9.72. The number of nitrogens with zero attached hydrogens (tertiary/aromatic N) is 2. The highest BCUT2D eigenvalue weighted by Gasteiger charge is 2.31. The Kier molecular flexibility index (Phi) is 3.45. The zero-order valence-corrected chi connectivity index (χ0v) is 9.72. The molecule has 0 radical (unpaired) electrons. The molecule has 1 fully saturated rings. The summed E-state index contributed by atoms with van der Waals surface area (Å²) in [4.78, 5) is 13.8. The normalized spacial score (nSPS) is 24.7. The summed E-state index contributed by atoms with van der Waals surface area (Å²) in [6.07, 6.45) is 1.80. The highest BCUT2D eigenvalue weighted by atomic mass is 16.3. The second kappa shape index (κ2) is 5.02. The minimum Gasteiger partial charge on any atom is -0.467 e. The minimum absolute atomic E-state index is 0.0268. The third-order valence-electron chi connectivity index (χ3n) is 2.81. The molecule has 2 atom stereocenters. The summed E-state index contributed by atoms with van der Waals surface area (Å²) >= 11 is 0. The van der Waals surface area contributed by atoms with Crippen LogP contribution in [0.1, 0.15) is 19.1 Å². The second-order valence-corrected chi connectivity index (χ2v) is 4.28. The number of carbonyl (C=O) groups is 1. The van der Waals surface area contributed by atoms with Crippen molar-refractivity contribution in [2.45, 2.75) is 32.0 Å². The van der Waals surface area contributed by atoms with Crippen LogP contribution in [0.4, 0.5) is 0 Å². The molecule has 1 aromatic heterocycles. The third-order valence-corrected chi connectivity index (χ3v) is 2.81. The fraction of sp³-hybridized carbons (Fsp3) is 0.500. The van der Waals surface area contributed by atoms with Crippen molar-refractivity contribution in [3.8, 4) is 6.07 Å². The highest BCUT2D eigenvalue weighted by Crippen LogP contribution is 2.13. The smallest absolute Gasteiger partial charge is 0.241 e. The first-order chi connectivity index (χ1) is 8.20. The van der Waals surface area contributed by atoms with Gasteiger partial charge in [-0.3, -0.25) is 4.79 Å². The van der Waals surface area contributed by atoms with Crippen LogP contribution in [0.25, 0.3) is 0 Å². The lowest BCUT2D eigenvalue weighted by Gasteiger charge is -2.35. The van der Waals surface area contributed by atoms with Crippen LogP contribution in [-0.2, 0) is 11.3 Å². The SMILES string of the molecule is CC1CN(Cc2ccco2)C(=O)C(CC#N)N1. The Bertz CT molecular complexity index is 421.